The number of ketones is 2. The van der Waals surface area contributed by atoms with Crippen LogP contribution < -0.4 is 9.47 Å². The van der Waals surface area contributed by atoms with E-state index in [1.807, 2.05) is 72.8 Å². The molecule has 0 aliphatic heterocycles. The predicted octanol–water partition coefficient (Wildman–Crippen LogP) is 5.80. The molecule has 0 amide bonds. The number of carbonyl (C=O) groups excluding carboxylic acids is 2. The number of carbonyl (C=O) groups is 2. The first kappa shape index (κ1) is 28.2. The molecule has 7 heteroatoms. The number of ether oxygens (including phenoxy) is 3. The minimum Gasteiger partial charge on any atom is -0.497 e. The third kappa shape index (κ3) is 5.03. The van der Waals surface area contributed by atoms with Crippen LogP contribution in [0.5, 0.6) is 11.5 Å². The van der Waals surface area contributed by atoms with Gasteiger partial charge in [0.2, 0.25) is 5.60 Å². The van der Waals surface area contributed by atoms with Gasteiger partial charge in [0.25, 0.3) is 0 Å². The standard InChI is InChI=1S/C34H31FO6/c1-39-28-13-14-29(30(20-28)40-2)34(25-9-5-3-6-10-25,26-11-7-4-8-12-26)41-22-24-17-23(21-35)18-27(19-24)33(38)31(36)15-16-32(33)37/h3-14,17-20,38H,15-16,21-22H2,1-2H3. The van der Waals surface area contributed by atoms with Crippen LogP contribution in [0.25, 0.3) is 0 Å². The Morgan fingerprint density at radius 2 is 1.37 bits per heavy atom. The van der Waals surface area contributed by atoms with Gasteiger partial charge in [-0.25, -0.2) is 4.39 Å². The number of alkyl halides is 1. The van der Waals surface area contributed by atoms with Gasteiger partial charge in [-0.3, -0.25) is 9.59 Å². The van der Waals surface area contributed by atoms with Crippen molar-refractivity contribution in [3.8, 4) is 11.5 Å². The molecule has 1 fully saturated rings. The van der Waals surface area contributed by atoms with Crippen molar-refractivity contribution < 1.29 is 33.3 Å². The Labute approximate surface area is 238 Å². The van der Waals surface area contributed by atoms with Gasteiger partial charge in [0.05, 0.1) is 20.8 Å². The summed E-state index contributed by atoms with van der Waals surface area (Å²) in [7, 11) is 3.15. The fourth-order valence-corrected chi connectivity index (χ4v) is 5.55. The molecule has 4 aromatic rings. The Morgan fingerprint density at radius 3 is 1.90 bits per heavy atom. The van der Waals surface area contributed by atoms with Gasteiger partial charge < -0.3 is 19.3 Å². The van der Waals surface area contributed by atoms with Crippen LogP contribution >= 0.6 is 0 Å². The molecule has 210 valence electrons. The van der Waals surface area contributed by atoms with E-state index < -0.39 is 29.4 Å². The Hall–Kier alpha value is -4.33. The number of aliphatic hydroxyl groups is 1. The summed E-state index contributed by atoms with van der Waals surface area (Å²) >= 11 is 0. The summed E-state index contributed by atoms with van der Waals surface area (Å²) in [5.41, 5.74) is -0.344. The van der Waals surface area contributed by atoms with Crippen LogP contribution in [0, 0.1) is 0 Å². The van der Waals surface area contributed by atoms with E-state index in [0.717, 1.165) is 11.1 Å². The highest BCUT2D eigenvalue weighted by Crippen LogP contribution is 2.46. The van der Waals surface area contributed by atoms with Crippen LogP contribution in [0.3, 0.4) is 0 Å². The van der Waals surface area contributed by atoms with E-state index in [1.165, 1.54) is 6.07 Å². The molecule has 41 heavy (non-hydrogen) atoms. The highest BCUT2D eigenvalue weighted by molar-refractivity contribution is 6.16. The molecule has 6 nitrogen and oxygen atoms in total. The van der Waals surface area contributed by atoms with E-state index in [1.54, 1.807) is 32.4 Å². The Kier molecular flexibility index (Phi) is 8.01. The molecule has 5 rings (SSSR count). The fraction of sp³-hybridized carbons (Fsp3) is 0.235. The molecule has 1 N–H and O–H groups in total. The zero-order valence-electron chi connectivity index (χ0n) is 22.9. The van der Waals surface area contributed by atoms with Gasteiger partial charge in [0.15, 0.2) is 11.6 Å². The van der Waals surface area contributed by atoms with Gasteiger partial charge in [-0.15, -0.1) is 0 Å². The topological polar surface area (TPSA) is 82.1 Å². The number of hydrogen-bond donors (Lipinski definition) is 1. The van der Waals surface area contributed by atoms with E-state index >= 15 is 0 Å². The molecule has 1 saturated carbocycles. The molecule has 0 saturated heterocycles. The molecule has 1 aliphatic carbocycles. The zero-order chi connectivity index (χ0) is 29.0. The van der Waals surface area contributed by atoms with Crippen LogP contribution in [-0.2, 0) is 38.8 Å². The number of rotatable bonds is 10. The number of benzene rings is 4. The summed E-state index contributed by atoms with van der Waals surface area (Å²) in [6.45, 7) is -0.883. The number of methoxy groups -OCH3 is 2. The van der Waals surface area contributed by atoms with Crippen LogP contribution in [0.4, 0.5) is 4.39 Å². The van der Waals surface area contributed by atoms with Crippen molar-refractivity contribution in [1.82, 2.24) is 0 Å². The Bertz CT molecular complexity index is 1500. The lowest BCUT2D eigenvalue weighted by atomic mass is 9.79. The number of hydrogen-bond acceptors (Lipinski definition) is 6. The smallest absolute Gasteiger partial charge is 0.207 e. The molecule has 0 unspecified atom stereocenters. The van der Waals surface area contributed by atoms with E-state index in [0.29, 0.717) is 22.6 Å². The minimum absolute atomic E-state index is 0.0434. The lowest BCUT2D eigenvalue weighted by molar-refractivity contribution is -0.145. The molecule has 0 spiro atoms. The third-order valence-electron chi connectivity index (χ3n) is 7.61. The molecule has 1 aliphatic rings. The number of halogens is 1. The van der Waals surface area contributed by atoms with Crippen LogP contribution in [-0.4, -0.2) is 30.9 Å². The summed E-state index contributed by atoms with van der Waals surface area (Å²) in [5.74, 6) is -0.0284. The zero-order valence-corrected chi connectivity index (χ0v) is 22.9. The van der Waals surface area contributed by atoms with Crippen molar-refractivity contribution in [2.75, 3.05) is 14.2 Å². The molecule has 0 bridgehead atoms. The largest absolute Gasteiger partial charge is 0.497 e. The highest BCUT2D eigenvalue weighted by Gasteiger charge is 2.49. The molecule has 4 aromatic carbocycles. The second-order valence-corrected chi connectivity index (χ2v) is 10.00. The Morgan fingerprint density at radius 1 is 0.780 bits per heavy atom. The predicted molar refractivity (Wildman–Crippen MR) is 151 cm³/mol. The summed E-state index contributed by atoms with van der Waals surface area (Å²) in [5, 5.41) is 11.1. The molecule has 0 heterocycles. The fourth-order valence-electron chi connectivity index (χ4n) is 5.55. The summed E-state index contributed by atoms with van der Waals surface area (Å²) < 4.78 is 32.2. The lowest BCUT2D eigenvalue weighted by Gasteiger charge is -2.37. The first-order chi connectivity index (χ1) is 19.9. The van der Waals surface area contributed by atoms with E-state index in [9.17, 15) is 19.1 Å². The van der Waals surface area contributed by atoms with Crippen LogP contribution in [0.2, 0.25) is 0 Å². The highest BCUT2D eigenvalue weighted by atomic mass is 19.1. The average Bonchev–Trinajstić information content (AvgIpc) is 3.30. The van der Waals surface area contributed by atoms with Gasteiger partial charge in [0, 0.05) is 24.5 Å². The molecule has 0 aromatic heterocycles. The van der Waals surface area contributed by atoms with E-state index in [2.05, 4.69) is 0 Å². The van der Waals surface area contributed by atoms with Crippen molar-refractivity contribution in [2.45, 2.75) is 37.3 Å². The molecular formula is C34H31FO6. The lowest BCUT2D eigenvalue weighted by Crippen LogP contribution is -2.37. The van der Waals surface area contributed by atoms with Crippen molar-refractivity contribution in [2.24, 2.45) is 0 Å². The van der Waals surface area contributed by atoms with Crippen LogP contribution in [0.15, 0.2) is 97.1 Å². The van der Waals surface area contributed by atoms with Crippen molar-refractivity contribution in [3.05, 3.63) is 130 Å². The second-order valence-electron chi connectivity index (χ2n) is 10.00. The van der Waals surface area contributed by atoms with Gasteiger partial charge in [0.1, 0.15) is 23.8 Å². The monoisotopic (exact) mass is 554 g/mol. The molecular weight excluding hydrogens is 523 g/mol. The maximum absolute atomic E-state index is 14.0. The maximum Gasteiger partial charge on any atom is 0.207 e. The summed E-state index contributed by atoms with van der Waals surface area (Å²) in [4.78, 5) is 25.2. The normalized spacial score (nSPS) is 14.7. The third-order valence-corrected chi connectivity index (χ3v) is 7.61. The minimum atomic E-state index is -2.28. The molecule has 0 radical (unpaired) electrons. The maximum atomic E-state index is 14.0. The van der Waals surface area contributed by atoms with Gasteiger partial charge in [-0.2, -0.15) is 0 Å². The van der Waals surface area contributed by atoms with Crippen molar-refractivity contribution in [3.63, 3.8) is 0 Å². The summed E-state index contributed by atoms with van der Waals surface area (Å²) in [6, 6.07) is 29.4. The average molecular weight is 555 g/mol. The Balaban J connectivity index is 1.68. The van der Waals surface area contributed by atoms with E-state index in [4.69, 9.17) is 14.2 Å². The van der Waals surface area contributed by atoms with Crippen molar-refractivity contribution >= 4 is 11.6 Å². The number of Topliss-reactive ketones (excluding diaryl/α,β-unsaturated/α-hetero) is 2. The first-order valence-electron chi connectivity index (χ1n) is 13.3. The second kappa shape index (κ2) is 11.6. The summed E-state index contributed by atoms with van der Waals surface area (Å²) in [6.07, 6.45) is -0.104. The SMILES string of the molecule is COc1ccc(C(OCc2cc(CF)cc(C3(O)C(=O)CCC3=O)c2)(c2ccccc2)c2ccccc2)c(OC)c1. The van der Waals surface area contributed by atoms with Gasteiger partial charge >= 0.3 is 0 Å². The van der Waals surface area contributed by atoms with Crippen LogP contribution in [0.1, 0.15) is 46.2 Å². The van der Waals surface area contributed by atoms with Crippen molar-refractivity contribution in [1.29, 1.82) is 0 Å². The van der Waals surface area contributed by atoms with Gasteiger partial charge in [-0.05, 0) is 52.1 Å². The van der Waals surface area contributed by atoms with E-state index in [-0.39, 0.29) is 30.6 Å². The van der Waals surface area contributed by atoms with Gasteiger partial charge in [-0.1, -0.05) is 66.7 Å². The molecule has 0 atom stereocenters. The first-order valence-corrected chi connectivity index (χ1v) is 13.3. The quantitative estimate of drug-likeness (QED) is 0.197.